The molecule has 1 saturated heterocycles. The first kappa shape index (κ1) is 12.0. The predicted octanol–water partition coefficient (Wildman–Crippen LogP) is 1.06. The molecule has 1 atom stereocenters. The highest BCUT2D eigenvalue weighted by Gasteiger charge is 2.18. The summed E-state index contributed by atoms with van der Waals surface area (Å²) in [6.07, 6.45) is 5.50. The zero-order valence-electron chi connectivity index (χ0n) is 10.5. The zero-order chi connectivity index (χ0) is 12.3. The standard InChI is InChI=1S/C12H20N4O/c1-3-10-11(8-16(2)15-10)14-9-5-4-6-13-12(17)7-9/h8-9,14H,3-7H2,1-2H3,(H,13,17). The fourth-order valence-corrected chi connectivity index (χ4v) is 2.23. The number of amides is 1. The molecule has 5 nitrogen and oxygen atoms in total. The lowest BCUT2D eigenvalue weighted by Gasteiger charge is -2.15. The highest BCUT2D eigenvalue weighted by molar-refractivity contribution is 5.77. The molecule has 1 fully saturated rings. The van der Waals surface area contributed by atoms with Crippen molar-refractivity contribution in [1.29, 1.82) is 0 Å². The van der Waals surface area contributed by atoms with Crippen LogP contribution < -0.4 is 10.6 Å². The molecule has 2 rings (SSSR count). The van der Waals surface area contributed by atoms with Crippen LogP contribution in [0.3, 0.4) is 0 Å². The summed E-state index contributed by atoms with van der Waals surface area (Å²) in [5.41, 5.74) is 2.13. The van der Waals surface area contributed by atoms with Crippen LogP contribution in [0.5, 0.6) is 0 Å². The quantitative estimate of drug-likeness (QED) is 0.825. The lowest BCUT2D eigenvalue weighted by Crippen LogP contribution is -2.27. The second-order valence-corrected chi connectivity index (χ2v) is 4.55. The lowest BCUT2D eigenvalue weighted by molar-refractivity contribution is -0.120. The Morgan fingerprint density at radius 3 is 3.24 bits per heavy atom. The zero-order valence-corrected chi connectivity index (χ0v) is 10.5. The van der Waals surface area contributed by atoms with Crippen molar-refractivity contribution >= 4 is 11.6 Å². The minimum atomic E-state index is 0.141. The molecule has 1 aromatic rings. The van der Waals surface area contributed by atoms with E-state index in [9.17, 15) is 4.79 Å². The van der Waals surface area contributed by atoms with E-state index in [4.69, 9.17) is 0 Å². The van der Waals surface area contributed by atoms with Gasteiger partial charge in [-0.05, 0) is 19.3 Å². The van der Waals surface area contributed by atoms with E-state index in [0.29, 0.717) is 6.42 Å². The Balaban J connectivity index is 2.05. The van der Waals surface area contributed by atoms with Crippen LogP contribution in [-0.2, 0) is 18.3 Å². The summed E-state index contributed by atoms with van der Waals surface area (Å²) >= 11 is 0. The molecule has 0 aliphatic carbocycles. The maximum absolute atomic E-state index is 11.5. The average molecular weight is 236 g/mol. The van der Waals surface area contributed by atoms with Crippen molar-refractivity contribution in [2.45, 2.75) is 38.6 Å². The molecular weight excluding hydrogens is 216 g/mol. The third kappa shape index (κ3) is 2.99. The van der Waals surface area contributed by atoms with E-state index in [-0.39, 0.29) is 11.9 Å². The van der Waals surface area contributed by atoms with E-state index >= 15 is 0 Å². The summed E-state index contributed by atoms with van der Waals surface area (Å²) in [4.78, 5) is 11.5. The second-order valence-electron chi connectivity index (χ2n) is 4.55. The molecule has 1 amide bonds. The molecule has 2 N–H and O–H groups in total. The van der Waals surface area contributed by atoms with Crippen LogP contribution in [-0.4, -0.2) is 28.3 Å². The lowest BCUT2D eigenvalue weighted by atomic mass is 10.1. The molecule has 17 heavy (non-hydrogen) atoms. The average Bonchev–Trinajstić information content (AvgIpc) is 2.50. The first-order valence-corrected chi connectivity index (χ1v) is 6.24. The summed E-state index contributed by atoms with van der Waals surface area (Å²) < 4.78 is 1.82. The summed E-state index contributed by atoms with van der Waals surface area (Å²) in [6.45, 7) is 2.89. The van der Waals surface area contributed by atoms with Crippen LogP contribution in [0.25, 0.3) is 0 Å². The van der Waals surface area contributed by atoms with E-state index < -0.39 is 0 Å². The molecule has 0 saturated carbocycles. The van der Waals surface area contributed by atoms with E-state index in [1.54, 1.807) is 0 Å². The van der Waals surface area contributed by atoms with E-state index in [0.717, 1.165) is 37.2 Å². The van der Waals surface area contributed by atoms with Gasteiger partial charge in [0.2, 0.25) is 5.91 Å². The van der Waals surface area contributed by atoms with E-state index in [2.05, 4.69) is 22.7 Å². The summed E-state index contributed by atoms with van der Waals surface area (Å²) in [5, 5.41) is 10.7. The van der Waals surface area contributed by atoms with Crippen molar-refractivity contribution in [2.75, 3.05) is 11.9 Å². The molecule has 0 spiro atoms. The van der Waals surface area contributed by atoms with Gasteiger partial charge in [0, 0.05) is 32.3 Å². The molecule has 0 aromatic carbocycles. The molecular formula is C12H20N4O. The van der Waals surface area contributed by atoms with Crippen molar-refractivity contribution < 1.29 is 4.79 Å². The van der Waals surface area contributed by atoms with Crippen LogP contribution in [0.4, 0.5) is 5.69 Å². The Morgan fingerprint density at radius 2 is 2.47 bits per heavy atom. The van der Waals surface area contributed by atoms with E-state index in [1.807, 2.05) is 17.9 Å². The minimum Gasteiger partial charge on any atom is -0.379 e. The Bertz CT molecular complexity index is 399. The van der Waals surface area contributed by atoms with Gasteiger partial charge in [-0.3, -0.25) is 9.48 Å². The predicted molar refractivity (Wildman–Crippen MR) is 66.9 cm³/mol. The van der Waals surface area contributed by atoms with Gasteiger partial charge >= 0.3 is 0 Å². The van der Waals surface area contributed by atoms with Gasteiger partial charge < -0.3 is 10.6 Å². The number of nitrogens with zero attached hydrogens (tertiary/aromatic N) is 2. The summed E-state index contributed by atoms with van der Waals surface area (Å²) in [7, 11) is 1.92. The number of hydrogen-bond acceptors (Lipinski definition) is 3. The van der Waals surface area contributed by atoms with Gasteiger partial charge in [0.05, 0.1) is 11.4 Å². The SMILES string of the molecule is CCc1nn(C)cc1NC1CCCNC(=O)C1. The summed E-state index contributed by atoms with van der Waals surface area (Å²) in [6, 6.07) is 0.229. The van der Waals surface area contributed by atoms with Gasteiger partial charge in [0.1, 0.15) is 0 Å². The Kier molecular flexibility index (Phi) is 3.66. The van der Waals surface area contributed by atoms with Crippen LogP contribution in [0.1, 0.15) is 31.9 Å². The van der Waals surface area contributed by atoms with Gasteiger partial charge in [-0.1, -0.05) is 6.92 Å². The first-order chi connectivity index (χ1) is 8.19. The molecule has 0 bridgehead atoms. The normalized spacial score (nSPS) is 20.8. The largest absolute Gasteiger partial charge is 0.379 e. The van der Waals surface area contributed by atoms with Gasteiger partial charge in [-0.15, -0.1) is 0 Å². The number of carbonyl (C=O) groups excluding carboxylic acids is 1. The van der Waals surface area contributed by atoms with Gasteiger partial charge in [-0.25, -0.2) is 0 Å². The van der Waals surface area contributed by atoms with Gasteiger partial charge in [0.15, 0.2) is 0 Å². The number of hydrogen-bond donors (Lipinski definition) is 2. The monoisotopic (exact) mass is 236 g/mol. The topological polar surface area (TPSA) is 59.0 Å². The van der Waals surface area contributed by atoms with Crippen molar-refractivity contribution in [3.05, 3.63) is 11.9 Å². The maximum atomic E-state index is 11.5. The fraction of sp³-hybridized carbons (Fsp3) is 0.667. The van der Waals surface area contributed by atoms with Crippen molar-refractivity contribution in [3.63, 3.8) is 0 Å². The molecule has 1 aliphatic rings. The van der Waals surface area contributed by atoms with Crippen LogP contribution >= 0.6 is 0 Å². The molecule has 1 unspecified atom stereocenters. The number of rotatable bonds is 3. The molecule has 1 aromatic heterocycles. The van der Waals surface area contributed by atoms with Crippen LogP contribution in [0.15, 0.2) is 6.20 Å². The summed E-state index contributed by atoms with van der Waals surface area (Å²) in [5.74, 6) is 0.141. The van der Waals surface area contributed by atoms with Crippen LogP contribution in [0.2, 0.25) is 0 Å². The number of aromatic nitrogens is 2. The van der Waals surface area contributed by atoms with Gasteiger partial charge in [-0.2, -0.15) is 5.10 Å². The maximum Gasteiger partial charge on any atom is 0.222 e. The second kappa shape index (κ2) is 5.21. The molecule has 5 heteroatoms. The number of anilines is 1. The Morgan fingerprint density at radius 1 is 1.65 bits per heavy atom. The fourth-order valence-electron chi connectivity index (χ4n) is 2.23. The molecule has 1 aliphatic heterocycles. The molecule has 94 valence electrons. The highest BCUT2D eigenvalue weighted by Crippen LogP contribution is 2.18. The minimum absolute atomic E-state index is 0.141. The number of nitrogens with one attached hydrogen (secondary N) is 2. The number of aryl methyl sites for hydroxylation is 2. The third-order valence-corrected chi connectivity index (χ3v) is 3.08. The van der Waals surface area contributed by atoms with E-state index in [1.165, 1.54) is 0 Å². The smallest absolute Gasteiger partial charge is 0.222 e. The highest BCUT2D eigenvalue weighted by atomic mass is 16.1. The van der Waals surface area contributed by atoms with Gasteiger partial charge in [0.25, 0.3) is 0 Å². The van der Waals surface area contributed by atoms with Crippen molar-refractivity contribution in [2.24, 2.45) is 7.05 Å². The van der Waals surface area contributed by atoms with Crippen LogP contribution in [0, 0.1) is 0 Å². The third-order valence-electron chi connectivity index (χ3n) is 3.08. The number of carbonyl (C=O) groups is 1. The first-order valence-electron chi connectivity index (χ1n) is 6.24. The van der Waals surface area contributed by atoms with Crippen molar-refractivity contribution in [3.8, 4) is 0 Å². The Hall–Kier alpha value is -1.52. The van der Waals surface area contributed by atoms with Crippen molar-refractivity contribution in [1.82, 2.24) is 15.1 Å². The molecule has 2 heterocycles. The molecule has 0 radical (unpaired) electrons. The Labute approximate surface area is 102 Å².